The smallest absolute Gasteiger partial charge is 0.276 e. The molecule has 1 aliphatic rings. The fraction of sp³-hybridized carbons (Fsp3) is 0.200. The summed E-state index contributed by atoms with van der Waals surface area (Å²) in [5.41, 5.74) is 2.64. The van der Waals surface area contributed by atoms with Gasteiger partial charge in [0.05, 0.1) is 18.3 Å². The average Bonchev–Trinajstić information content (AvgIpc) is 3.10. The van der Waals surface area contributed by atoms with Crippen molar-refractivity contribution in [2.45, 2.75) is 19.5 Å². The van der Waals surface area contributed by atoms with E-state index in [9.17, 15) is 13.6 Å². The van der Waals surface area contributed by atoms with Gasteiger partial charge in [-0.1, -0.05) is 0 Å². The van der Waals surface area contributed by atoms with Crippen molar-refractivity contribution in [1.82, 2.24) is 9.78 Å². The van der Waals surface area contributed by atoms with Crippen LogP contribution in [0.4, 0.5) is 20.2 Å². The predicted octanol–water partition coefficient (Wildman–Crippen LogP) is 3.99. The molecular weight excluding hydrogens is 350 g/mol. The Hall–Kier alpha value is -3.22. The maximum Gasteiger partial charge on any atom is 0.276 e. The summed E-state index contributed by atoms with van der Waals surface area (Å²) in [6, 6.07) is 13.7. The van der Waals surface area contributed by atoms with Crippen LogP contribution < -0.4 is 10.2 Å². The number of nitrogens with one attached hydrogen (secondary N) is 1. The second kappa shape index (κ2) is 6.83. The Balaban J connectivity index is 1.54. The van der Waals surface area contributed by atoms with E-state index in [4.69, 9.17) is 0 Å². The van der Waals surface area contributed by atoms with Crippen LogP contribution in [-0.2, 0) is 6.54 Å². The summed E-state index contributed by atoms with van der Waals surface area (Å²) in [6.45, 7) is 2.86. The SMILES string of the molecule is CC1CN(c2ccc(F)cc2)C(=O)c2cc(CNc3ccc(F)cc3)nn21. The molecular formula is C20H18F2N4O. The number of hydrogen-bond donors (Lipinski definition) is 1. The highest BCUT2D eigenvalue weighted by Crippen LogP contribution is 2.27. The summed E-state index contributed by atoms with van der Waals surface area (Å²) in [4.78, 5) is 14.5. The number of nitrogens with zero attached hydrogens (tertiary/aromatic N) is 3. The lowest BCUT2D eigenvalue weighted by Gasteiger charge is -2.31. The summed E-state index contributed by atoms with van der Waals surface area (Å²) in [5, 5.41) is 7.70. The van der Waals surface area contributed by atoms with Gasteiger partial charge >= 0.3 is 0 Å². The highest BCUT2D eigenvalue weighted by molar-refractivity contribution is 6.05. The van der Waals surface area contributed by atoms with Gasteiger partial charge in [0, 0.05) is 17.9 Å². The van der Waals surface area contributed by atoms with Crippen LogP contribution in [0.25, 0.3) is 0 Å². The quantitative estimate of drug-likeness (QED) is 0.757. The van der Waals surface area contributed by atoms with E-state index in [-0.39, 0.29) is 23.6 Å². The molecule has 27 heavy (non-hydrogen) atoms. The fourth-order valence-corrected chi connectivity index (χ4v) is 3.19. The van der Waals surface area contributed by atoms with E-state index in [2.05, 4.69) is 10.4 Å². The highest BCUT2D eigenvalue weighted by atomic mass is 19.1. The predicted molar refractivity (Wildman–Crippen MR) is 98.7 cm³/mol. The number of fused-ring (bicyclic) bond motifs is 1. The van der Waals surface area contributed by atoms with Crippen molar-refractivity contribution < 1.29 is 13.6 Å². The summed E-state index contributed by atoms with van der Waals surface area (Å²) in [6.07, 6.45) is 0. The van der Waals surface area contributed by atoms with Crippen LogP contribution in [-0.4, -0.2) is 22.2 Å². The Kier molecular flexibility index (Phi) is 4.35. The molecule has 1 aliphatic heterocycles. The Labute approximate surface area is 155 Å². The van der Waals surface area contributed by atoms with Crippen molar-refractivity contribution in [3.05, 3.63) is 77.6 Å². The van der Waals surface area contributed by atoms with E-state index in [1.807, 2.05) is 6.92 Å². The average molecular weight is 368 g/mol. The molecule has 5 nitrogen and oxygen atoms in total. The van der Waals surface area contributed by atoms with Crippen molar-refractivity contribution in [3.63, 3.8) is 0 Å². The molecule has 2 heterocycles. The van der Waals surface area contributed by atoms with Crippen LogP contribution in [0.15, 0.2) is 54.6 Å². The van der Waals surface area contributed by atoms with Gasteiger partial charge in [0.25, 0.3) is 5.91 Å². The Morgan fingerprint density at radius 2 is 1.70 bits per heavy atom. The number of amides is 1. The maximum absolute atomic E-state index is 13.2. The Morgan fingerprint density at radius 3 is 2.37 bits per heavy atom. The van der Waals surface area contributed by atoms with Gasteiger partial charge in [-0.2, -0.15) is 5.10 Å². The van der Waals surface area contributed by atoms with Crippen LogP contribution >= 0.6 is 0 Å². The first kappa shape index (κ1) is 17.2. The molecule has 0 bridgehead atoms. The first-order valence-electron chi connectivity index (χ1n) is 8.66. The number of aromatic nitrogens is 2. The summed E-state index contributed by atoms with van der Waals surface area (Å²) in [7, 11) is 0. The van der Waals surface area contributed by atoms with E-state index in [1.165, 1.54) is 24.3 Å². The van der Waals surface area contributed by atoms with Gasteiger partial charge in [0.15, 0.2) is 0 Å². The molecule has 4 rings (SSSR count). The highest BCUT2D eigenvalue weighted by Gasteiger charge is 2.31. The van der Waals surface area contributed by atoms with Gasteiger partial charge in [-0.25, -0.2) is 8.78 Å². The minimum atomic E-state index is -0.338. The lowest BCUT2D eigenvalue weighted by molar-refractivity contribution is 0.0953. The molecule has 2 aromatic carbocycles. The number of rotatable bonds is 4. The lowest BCUT2D eigenvalue weighted by Crippen LogP contribution is -2.42. The first-order chi connectivity index (χ1) is 13.0. The Morgan fingerprint density at radius 1 is 1.07 bits per heavy atom. The second-order valence-corrected chi connectivity index (χ2v) is 6.57. The molecule has 0 saturated heterocycles. The molecule has 0 fully saturated rings. The fourth-order valence-electron chi connectivity index (χ4n) is 3.19. The standard InChI is InChI=1S/C20H18F2N4O/c1-13-12-25(18-8-4-15(22)5-9-18)20(27)19-10-17(24-26(13)19)11-23-16-6-2-14(21)3-7-16/h2-10,13,23H,11-12H2,1H3. The number of halogens is 2. The zero-order valence-corrected chi connectivity index (χ0v) is 14.7. The normalized spacial score (nSPS) is 16.3. The molecule has 1 amide bonds. The molecule has 1 atom stereocenters. The summed E-state index contributed by atoms with van der Waals surface area (Å²) < 4.78 is 27.9. The van der Waals surface area contributed by atoms with Gasteiger partial charge in [0.2, 0.25) is 0 Å². The molecule has 0 saturated carbocycles. The third kappa shape index (κ3) is 3.40. The van der Waals surface area contributed by atoms with Gasteiger partial charge in [-0.3, -0.25) is 9.48 Å². The number of carbonyl (C=O) groups is 1. The van der Waals surface area contributed by atoms with E-state index >= 15 is 0 Å². The van der Waals surface area contributed by atoms with Gasteiger partial charge in [-0.05, 0) is 61.5 Å². The molecule has 0 spiro atoms. The topological polar surface area (TPSA) is 50.2 Å². The van der Waals surface area contributed by atoms with E-state index < -0.39 is 0 Å². The molecule has 1 unspecified atom stereocenters. The van der Waals surface area contributed by atoms with Crippen molar-refractivity contribution in [2.75, 3.05) is 16.8 Å². The van der Waals surface area contributed by atoms with Crippen molar-refractivity contribution >= 4 is 17.3 Å². The minimum Gasteiger partial charge on any atom is -0.379 e. The molecule has 1 aromatic heterocycles. The monoisotopic (exact) mass is 368 g/mol. The van der Waals surface area contributed by atoms with Crippen LogP contribution in [0.3, 0.4) is 0 Å². The van der Waals surface area contributed by atoms with Crippen molar-refractivity contribution in [1.29, 1.82) is 0 Å². The van der Waals surface area contributed by atoms with E-state index in [0.29, 0.717) is 24.5 Å². The molecule has 3 aromatic rings. The summed E-state index contributed by atoms with van der Waals surface area (Å²) in [5.74, 6) is -0.797. The van der Waals surface area contributed by atoms with Crippen LogP contribution in [0, 0.1) is 11.6 Å². The van der Waals surface area contributed by atoms with Gasteiger partial charge in [0.1, 0.15) is 17.3 Å². The van der Waals surface area contributed by atoms with Crippen LogP contribution in [0.1, 0.15) is 29.1 Å². The number of hydrogen-bond acceptors (Lipinski definition) is 3. The zero-order chi connectivity index (χ0) is 19.0. The minimum absolute atomic E-state index is 0.0117. The molecule has 0 radical (unpaired) electrons. The van der Waals surface area contributed by atoms with Gasteiger partial charge in [-0.15, -0.1) is 0 Å². The number of benzene rings is 2. The third-order valence-electron chi connectivity index (χ3n) is 4.57. The van der Waals surface area contributed by atoms with Crippen LogP contribution in [0.2, 0.25) is 0 Å². The Bertz CT molecular complexity index is 967. The number of anilines is 2. The van der Waals surface area contributed by atoms with E-state index in [0.717, 1.165) is 11.4 Å². The van der Waals surface area contributed by atoms with Crippen molar-refractivity contribution in [3.8, 4) is 0 Å². The first-order valence-corrected chi connectivity index (χ1v) is 8.66. The molecule has 7 heteroatoms. The number of carbonyl (C=O) groups excluding carboxylic acids is 1. The largest absolute Gasteiger partial charge is 0.379 e. The molecule has 138 valence electrons. The zero-order valence-electron chi connectivity index (χ0n) is 14.7. The van der Waals surface area contributed by atoms with Gasteiger partial charge < -0.3 is 10.2 Å². The summed E-state index contributed by atoms with van der Waals surface area (Å²) >= 11 is 0. The van der Waals surface area contributed by atoms with Crippen molar-refractivity contribution in [2.24, 2.45) is 0 Å². The second-order valence-electron chi connectivity index (χ2n) is 6.57. The maximum atomic E-state index is 13.2. The van der Waals surface area contributed by atoms with Crippen LogP contribution in [0.5, 0.6) is 0 Å². The lowest BCUT2D eigenvalue weighted by atomic mass is 10.1. The third-order valence-corrected chi connectivity index (χ3v) is 4.57. The molecule has 1 N–H and O–H groups in total. The van der Waals surface area contributed by atoms with E-state index in [1.54, 1.807) is 39.9 Å². The molecule has 0 aliphatic carbocycles.